The summed E-state index contributed by atoms with van der Waals surface area (Å²) in [6.45, 7) is 17.2. The van der Waals surface area contributed by atoms with Crippen molar-refractivity contribution in [3.8, 4) is 0 Å². The number of nitrogens with zero attached hydrogens (tertiary/aromatic N) is 1. The fraction of sp³-hybridized carbons (Fsp3) is 0.765. The second-order valence-corrected chi connectivity index (χ2v) is 6.17. The first-order chi connectivity index (χ1) is 9.46. The molecular weight excluding hydrogens is 248 g/mol. The molecule has 1 rings (SSSR count). The molecule has 0 saturated heterocycles. The van der Waals surface area contributed by atoms with E-state index in [2.05, 4.69) is 57.8 Å². The summed E-state index contributed by atoms with van der Waals surface area (Å²) in [6.07, 6.45) is 1.23. The third-order valence-corrected chi connectivity index (χ3v) is 3.87. The molecule has 0 fully saturated rings. The van der Waals surface area contributed by atoms with E-state index in [1.807, 2.05) is 0 Å². The van der Waals surface area contributed by atoms with Crippen molar-refractivity contribution in [3.63, 3.8) is 0 Å². The standard InChI is InChI=1S/C17H32N2O/c1-7-14(5)11-19(8-2)12-17-9-16(15(6)20-17)10-18-13(3)4/h9,13-14,18H,7-8,10-12H2,1-6H3. The summed E-state index contributed by atoms with van der Waals surface area (Å²) >= 11 is 0. The van der Waals surface area contributed by atoms with Crippen LogP contribution in [0.4, 0.5) is 0 Å². The third-order valence-electron chi connectivity index (χ3n) is 3.87. The van der Waals surface area contributed by atoms with Gasteiger partial charge < -0.3 is 9.73 Å². The van der Waals surface area contributed by atoms with E-state index in [1.54, 1.807) is 0 Å². The van der Waals surface area contributed by atoms with Gasteiger partial charge in [-0.2, -0.15) is 0 Å². The van der Waals surface area contributed by atoms with Crippen LogP contribution >= 0.6 is 0 Å². The molecule has 3 nitrogen and oxygen atoms in total. The van der Waals surface area contributed by atoms with Gasteiger partial charge in [-0.25, -0.2) is 0 Å². The average molecular weight is 280 g/mol. The molecule has 116 valence electrons. The van der Waals surface area contributed by atoms with E-state index in [-0.39, 0.29) is 0 Å². The zero-order chi connectivity index (χ0) is 15.1. The zero-order valence-electron chi connectivity index (χ0n) is 14.1. The van der Waals surface area contributed by atoms with E-state index in [1.165, 1.54) is 12.0 Å². The van der Waals surface area contributed by atoms with Gasteiger partial charge in [-0.3, -0.25) is 4.90 Å². The van der Waals surface area contributed by atoms with Gasteiger partial charge in [-0.05, 0) is 25.5 Å². The van der Waals surface area contributed by atoms with Crippen LogP contribution in [0.2, 0.25) is 0 Å². The molecule has 0 aliphatic heterocycles. The van der Waals surface area contributed by atoms with Gasteiger partial charge in [-0.1, -0.05) is 41.0 Å². The maximum absolute atomic E-state index is 5.91. The number of rotatable bonds is 9. The smallest absolute Gasteiger partial charge is 0.118 e. The summed E-state index contributed by atoms with van der Waals surface area (Å²) < 4.78 is 5.91. The van der Waals surface area contributed by atoms with Crippen LogP contribution in [0, 0.1) is 12.8 Å². The van der Waals surface area contributed by atoms with Crippen molar-refractivity contribution in [2.45, 2.75) is 67.1 Å². The maximum Gasteiger partial charge on any atom is 0.118 e. The molecule has 0 aliphatic rings. The van der Waals surface area contributed by atoms with Crippen LogP contribution in [0.25, 0.3) is 0 Å². The molecule has 1 N–H and O–H groups in total. The predicted molar refractivity (Wildman–Crippen MR) is 85.8 cm³/mol. The Morgan fingerprint density at radius 2 is 1.95 bits per heavy atom. The fourth-order valence-electron chi connectivity index (χ4n) is 2.25. The molecule has 0 aliphatic carbocycles. The monoisotopic (exact) mass is 280 g/mol. The summed E-state index contributed by atoms with van der Waals surface area (Å²) in [5.41, 5.74) is 1.29. The first-order valence-corrected chi connectivity index (χ1v) is 8.00. The summed E-state index contributed by atoms with van der Waals surface area (Å²) in [6, 6.07) is 2.72. The molecule has 0 saturated carbocycles. The van der Waals surface area contributed by atoms with Gasteiger partial charge in [0.1, 0.15) is 11.5 Å². The van der Waals surface area contributed by atoms with E-state index in [9.17, 15) is 0 Å². The number of furan rings is 1. The van der Waals surface area contributed by atoms with Crippen LogP contribution < -0.4 is 5.32 Å². The van der Waals surface area contributed by atoms with E-state index in [0.29, 0.717) is 6.04 Å². The SMILES string of the molecule is CCC(C)CN(CC)Cc1cc(CNC(C)C)c(C)o1. The van der Waals surface area contributed by atoms with Crippen molar-refractivity contribution >= 4 is 0 Å². The molecule has 0 bridgehead atoms. The highest BCUT2D eigenvalue weighted by Gasteiger charge is 2.13. The first kappa shape index (κ1) is 17.3. The third kappa shape index (κ3) is 5.68. The van der Waals surface area contributed by atoms with Crippen molar-refractivity contribution in [3.05, 3.63) is 23.2 Å². The molecule has 0 spiro atoms. The Morgan fingerprint density at radius 3 is 2.50 bits per heavy atom. The lowest BCUT2D eigenvalue weighted by molar-refractivity contribution is 0.219. The first-order valence-electron chi connectivity index (χ1n) is 8.00. The van der Waals surface area contributed by atoms with Gasteiger partial charge in [0, 0.05) is 24.7 Å². The van der Waals surface area contributed by atoms with E-state index >= 15 is 0 Å². The Balaban J connectivity index is 2.60. The van der Waals surface area contributed by atoms with Crippen LogP contribution in [-0.2, 0) is 13.1 Å². The van der Waals surface area contributed by atoms with Crippen molar-refractivity contribution in [2.24, 2.45) is 5.92 Å². The lowest BCUT2D eigenvalue weighted by atomic mass is 10.1. The maximum atomic E-state index is 5.91. The molecule has 1 aromatic heterocycles. The Kier molecular flexibility index (Phi) is 7.31. The highest BCUT2D eigenvalue weighted by Crippen LogP contribution is 2.17. The second kappa shape index (κ2) is 8.48. The molecule has 0 radical (unpaired) electrons. The normalized spacial score (nSPS) is 13.4. The molecule has 1 heterocycles. The van der Waals surface area contributed by atoms with Gasteiger partial charge in [-0.15, -0.1) is 0 Å². The van der Waals surface area contributed by atoms with Crippen molar-refractivity contribution in [1.82, 2.24) is 10.2 Å². The number of aryl methyl sites for hydroxylation is 1. The molecule has 3 heteroatoms. The van der Waals surface area contributed by atoms with Gasteiger partial charge in [0.05, 0.1) is 6.54 Å². The largest absolute Gasteiger partial charge is 0.465 e. The number of nitrogens with one attached hydrogen (secondary N) is 1. The molecule has 1 atom stereocenters. The zero-order valence-corrected chi connectivity index (χ0v) is 14.1. The quantitative estimate of drug-likeness (QED) is 0.742. The Hall–Kier alpha value is -0.800. The van der Waals surface area contributed by atoms with Crippen LogP contribution in [0.3, 0.4) is 0 Å². The number of hydrogen-bond donors (Lipinski definition) is 1. The van der Waals surface area contributed by atoms with Crippen molar-refractivity contribution in [2.75, 3.05) is 13.1 Å². The molecule has 0 amide bonds. The minimum Gasteiger partial charge on any atom is -0.465 e. The van der Waals surface area contributed by atoms with Crippen LogP contribution in [0.15, 0.2) is 10.5 Å². The summed E-state index contributed by atoms with van der Waals surface area (Å²) in [7, 11) is 0. The molecule has 1 unspecified atom stereocenters. The van der Waals surface area contributed by atoms with E-state index < -0.39 is 0 Å². The summed E-state index contributed by atoms with van der Waals surface area (Å²) in [5, 5.41) is 3.45. The van der Waals surface area contributed by atoms with Crippen LogP contribution in [-0.4, -0.2) is 24.0 Å². The van der Waals surface area contributed by atoms with E-state index in [4.69, 9.17) is 4.42 Å². The highest BCUT2D eigenvalue weighted by molar-refractivity contribution is 5.20. The Bertz CT molecular complexity index is 384. The Morgan fingerprint density at radius 1 is 1.25 bits per heavy atom. The minimum absolute atomic E-state index is 0.505. The number of hydrogen-bond acceptors (Lipinski definition) is 3. The van der Waals surface area contributed by atoms with Gasteiger partial charge >= 0.3 is 0 Å². The summed E-state index contributed by atoms with van der Waals surface area (Å²) in [5.74, 6) is 2.88. The average Bonchev–Trinajstić information content (AvgIpc) is 2.75. The summed E-state index contributed by atoms with van der Waals surface area (Å²) in [4.78, 5) is 2.46. The highest BCUT2D eigenvalue weighted by atomic mass is 16.3. The Labute approximate surface area is 124 Å². The van der Waals surface area contributed by atoms with Crippen molar-refractivity contribution < 1.29 is 4.42 Å². The van der Waals surface area contributed by atoms with Crippen molar-refractivity contribution in [1.29, 1.82) is 0 Å². The minimum atomic E-state index is 0.505. The van der Waals surface area contributed by atoms with Gasteiger partial charge in [0.25, 0.3) is 0 Å². The van der Waals surface area contributed by atoms with Crippen LogP contribution in [0.5, 0.6) is 0 Å². The fourth-order valence-corrected chi connectivity index (χ4v) is 2.25. The van der Waals surface area contributed by atoms with E-state index in [0.717, 1.165) is 43.6 Å². The topological polar surface area (TPSA) is 28.4 Å². The van der Waals surface area contributed by atoms with Crippen LogP contribution in [0.1, 0.15) is 58.1 Å². The lowest BCUT2D eigenvalue weighted by Gasteiger charge is -2.22. The molecule has 20 heavy (non-hydrogen) atoms. The molecule has 1 aromatic rings. The molecular formula is C17H32N2O. The predicted octanol–water partition coefficient (Wildman–Crippen LogP) is 3.95. The van der Waals surface area contributed by atoms with Gasteiger partial charge in [0.15, 0.2) is 0 Å². The lowest BCUT2D eigenvalue weighted by Crippen LogP contribution is -2.27. The molecule has 0 aromatic carbocycles. The second-order valence-electron chi connectivity index (χ2n) is 6.17. The van der Waals surface area contributed by atoms with Gasteiger partial charge in [0.2, 0.25) is 0 Å².